The highest BCUT2D eigenvalue weighted by Crippen LogP contribution is 2.25. The molecule has 4 nitrogen and oxygen atoms in total. The Kier molecular flexibility index (Phi) is 3.91. The quantitative estimate of drug-likeness (QED) is 0.874. The van der Waals surface area contributed by atoms with E-state index in [1.54, 1.807) is 31.2 Å². The predicted molar refractivity (Wildman–Crippen MR) is 65.1 cm³/mol. The van der Waals surface area contributed by atoms with Crippen LogP contribution in [0.1, 0.15) is 24.5 Å². The fourth-order valence-electron chi connectivity index (χ4n) is 1.45. The first-order valence-electron chi connectivity index (χ1n) is 5.15. The van der Waals surface area contributed by atoms with E-state index in [0.29, 0.717) is 11.1 Å². The highest BCUT2D eigenvalue weighted by Gasteiger charge is 2.24. The third-order valence-corrected chi connectivity index (χ3v) is 3.52. The first-order chi connectivity index (χ1) is 7.74. The first kappa shape index (κ1) is 13.7. The molecule has 0 heterocycles. The van der Waals surface area contributed by atoms with Gasteiger partial charge in [-0.1, -0.05) is 12.1 Å². The van der Waals surface area contributed by atoms with Crippen LogP contribution in [0, 0.1) is 11.3 Å². The molecule has 1 atom stereocenters. The van der Waals surface area contributed by atoms with Crippen molar-refractivity contribution >= 4 is 9.84 Å². The predicted octanol–water partition coefficient (Wildman–Crippen LogP) is 1.20. The molecule has 0 aliphatic rings. The standard InChI is InChI=1S/C12H15NO3S/c1-12(14,6-7-17(2,15)16)11-5-3-4-10(8-11)9-13/h3-5,8,14H,6-7H2,1-2H3. The summed E-state index contributed by atoms with van der Waals surface area (Å²) in [7, 11) is -3.11. The lowest BCUT2D eigenvalue weighted by molar-refractivity contribution is 0.0539. The average Bonchev–Trinajstić information content (AvgIpc) is 2.26. The molecular weight excluding hydrogens is 238 g/mol. The van der Waals surface area contributed by atoms with Crippen LogP contribution in [0.2, 0.25) is 0 Å². The van der Waals surface area contributed by atoms with Gasteiger partial charge < -0.3 is 5.11 Å². The minimum atomic E-state index is -3.11. The highest BCUT2D eigenvalue weighted by molar-refractivity contribution is 7.90. The lowest BCUT2D eigenvalue weighted by Gasteiger charge is -2.23. The molecule has 0 saturated carbocycles. The SMILES string of the molecule is CC(O)(CCS(C)(=O)=O)c1cccc(C#N)c1. The van der Waals surface area contributed by atoms with Gasteiger partial charge in [-0.2, -0.15) is 5.26 Å². The molecule has 92 valence electrons. The van der Waals surface area contributed by atoms with Crippen LogP contribution in [0.5, 0.6) is 0 Å². The Labute approximate surface area is 101 Å². The molecule has 17 heavy (non-hydrogen) atoms. The van der Waals surface area contributed by atoms with Gasteiger partial charge in [0, 0.05) is 6.26 Å². The molecule has 0 aliphatic carbocycles. The second-order valence-electron chi connectivity index (χ2n) is 4.35. The lowest BCUT2D eigenvalue weighted by atomic mass is 9.92. The maximum Gasteiger partial charge on any atom is 0.147 e. The van der Waals surface area contributed by atoms with Crippen LogP contribution >= 0.6 is 0 Å². The third-order valence-electron chi connectivity index (χ3n) is 2.57. The Bertz CT molecular complexity index is 541. The number of hydrogen-bond acceptors (Lipinski definition) is 4. The van der Waals surface area contributed by atoms with Crippen LogP contribution in [0.25, 0.3) is 0 Å². The van der Waals surface area contributed by atoms with Gasteiger partial charge in [0.2, 0.25) is 0 Å². The van der Waals surface area contributed by atoms with Gasteiger partial charge in [0.25, 0.3) is 0 Å². The molecule has 0 aliphatic heterocycles. The Hall–Kier alpha value is -1.38. The van der Waals surface area contributed by atoms with Crippen LogP contribution in [-0.4, -0.2) is 25.5 Å². The second kappa shape index (κ2) is 4.86. The van der Waals surface area contributed by atoms with Gasteiger partial charge in [-0.3, -0.25) is 0 Å². The van der Waals surface area contributed by atoms with Gasteiger partial charge in [-0.15, -0.1) is 0 Å². The van der Waals surface area contributed by atoms with Crippen molar-refractivity contribution in [3.63, 3.8) is 0 Å². The van der Waals surface area contributed by atoms with E-state index in [-0.39, 0.29) is 12.2 Å². The lowest BCUT2D eigenvalue weighted by Crippen LogP contribution is -2.24. The molecule has 1 aromatic rings. The number of sulfone groups is 1. The van der Waals surface area contributed by atoms with Crippen molar-refractivity contribution in [2.24, 2.45) is 0 Å². The smallest absolute Gasteiger partial charge is 0.147 e. The normalized spacial score (nSPS) is 14.9. The molecule has 0 bridgehead atoms. The van der Waals surface area contributed by atoms with E-state index in [4.69, 9.17) is 5.26 Å². The molecular formula is C12H15NO3S. The molecule has 0 amide bonds. The monoisotopic (exact) mass is 253 g/mol. The average molecular weight is 253 g/mol. The maximum absolute atomic E-state index is 11.1. The molecule has 0 aromatic heterocycles. The van der Waals surface area contributed by atoms with Crippen molar-refractivity contribution in [1.29, 1.82) is 5.26 Å². The summed E-state index contributed by atoms with van der Waals surface area (Å²) in [6.07, 6.45) is 1.25. The largest absolute Gasteiger partial charge is 0.385 e. The number of hydrogen-bond donors (Lipinski definition) is 1. The van der Waals surface area contributed by atoms with E-state index in [1.165, 1.54) is 0 Å². The second-order valence-corrected chi connectivity index (χ2v) is 6.61. The minimum Gasteiger partial charge on any atom is -0.385 e. The van der Waals surface area contributed by atoms with Crippen LogP contribution in [0.15, 0.2) is 24.3 Å². The van der Waals surface area contributed by atoms with Crippen LogP contribution < -0.4 is 0 Å². The Morgan fingerprint density at radius 3 is 2.65 bits per heavy atom. The molecule has 1 unspecified atom stereocenters. The van der Waals surface area contributed by atoms with Gasteiger partial charge in [0.1, 0.15) is 9.84 Å². The summed E-state index contributed by atoms with van der Waals surface area (Å²) in [5.41, 5.74) is -0.238. The van der Waals surface area contributed by atoms with Crippen LogP contribution in [-0.2, 0) is 15.4 Å². The van der Waals surface area contributed by atoms with Crippen molar-refractivity contribution in [2.75, 3.05) is 12.0 Å². The summed E-state index contributed by atoms with van der Waals surface area (Å²) in [6.45, 7) is 1.55. The van der Waals surface area contributed by atoms with Crippen molar-refractivity contribution in [1.82, 2.24) is 0 Å². The zero-order valence-corrected chi connectivity index (χ0v) is 10.7. The van der Waals surface area contributed by atoms with E-state index in [9.17, 15) is 13.5 Å². The van der Waals surface area contributed by atoms with Crippen molar-refractivity contribution in [3.8, 4) is 6.07 Å². The maximum atomic E-state index is 11.1. The first-order valence-corrected chi connectivity index (χ1v) is 7.21. The van der Waals surface area contributed by atoms with Crippen molar-refractivity contribution in [3.05, 3.63) is 35.4 Å². The topological polar surface area (TPSA) is 78.2 Å². The zero-order chi connectivity index (χ0) is 13.1. The summed E-state index contributed by atoms with van der Waals surface area (Å²) in [5.74, 6) is -0.0865. The van der Waals surface area contributed by atoms with Gasteiger partial charge >= 0.3 is 0 Å². The number of nitriles is 1. The summed E-state index contributed by atoms with van der Waals surface area (Å²) in [6, 6.07) is 8.54. The highest BCUT2D eigenvalue weighted by atomic mass is 32.2. The van der Waals surface area contributed by atoms with Gasteiger partial charge in [0.15, 0.2) is 0 Å². The Morgan fingerprint density at radius 1 is 1.47 bits per heavy atom. The molecule has 5 heteroatoms. The fourth-order valence-corrected chi connectivity index (χ4v) is 2.22. The van der Waals surface area contributed by atoms with Crippen molar-refractivity contribution in [2.45, 2.75) is 18.9 Å². The number of aliphatic hydroxyl groups is 1. The van der Waals surface area contributed by atoms with Gasteiger partial charge in [-0.25, -0.2) is 8.42 Å². The van der Waals surface area contributed by atoms with Crippen LogP contribution in [0.4, 0.5) is 0 Å². The fraction of sp³-hybridized carbons (Fsp3) is 0.417. The van der Waals surface area contributed by atoms with Crippen LogP contribution in [0.3, 0.4) is 0 Å². The number of nitrogens with zero attached hydrogens (tertiary/aromatic N) is 1. The van der Waals surface area contributed by atoms with E-state index in [0.717, 1.165) is 6.26 Å². The summed E-state index contributed by atoms with van der Waals surface area (Å²) >= 11 is 0. The third kappa shape index (κ3) is 4.17. The molecule has 0 saturated heterocycles. The molecule has 0 radical (unpaired) electrons. The van der Waals surface area contributed by atoms with E-state index in [1.807, 2.05) is 6.07 Å². The van der Waals surface area contributed by atoms with Gasteiger partial charge in [-0.05, 0) is 31.0 Å². The van der Waals surface area contributed by atoms with E-state index < -0.39 is 15.4 Å². The van der Waals surface area contributed by atoms with E-state index in [2.05, 4.69) is 0 Å². The Balaban J connectivity index is 2.93. The van der Waals surface area contributed by atoms with Gasteiger partial charge in [0.05, 0.1) is 23.0 Å². The Morgan fingerprint density at radius 2 is 2.12 bits per heavy atom. The molecule has 1 rings (SSSR count). The molecule has 1 aromatic carbocycles. The molecule has 1 N–H and O–H groups in total. The number of benzene rings is 1. The number of rotatable bonds is 4. The molecule has 0 fully saturated rings. The zero-order valence-electron chi connectivity index (χ0n) is 9.84. The summed E-state index contributed by atoms with van der Waals surface area (Å²) in [4.78, 5) is 0. The molecule has 0 spiro atoms. The summed E-state index contributed by atoms with van der Waals surface area (Å²) < 4.78 is 22.1. The van der Waals surface area contributed by atoms with E-state index >= 15 is 0 Å². The van der Waals surface area contributed by atoms with Crippen molar-refractivity contribution < 1.29 is 13.5 Å². The summed E-state index contributed by atoms with van der Waals surface area (Å²) in [5, 5.41) is 19.0. The minimum absolute atomic E-state index is 0.0865.